The topological polar surface area (TPSA) is 68.7 Å². The Morgan fingerprint density at radius 2 is 1.88 bits per heavy atom. The summed E-state index contributed by atoms with van der Waals surface area (Å²) in [4.78, 5) is 4.20. The van der Waals surface area contributed by atoms with E-state index in [9.17, 15) is 8.42 Å². The third kappa shape index (κ3) is 3.07. The molecular weight excluding hydrogens is 352 g/mol. The molecule has 6 nitrogen and oxygen atoms in total. The first-order valence-electron chi connectivity index (χ1n) is 7.39. The van der Waals surface area contributed by atoms with Crippen LogP contribution in [0.2, 0.25) is 5.02 Å². The highest BCUT2D eigenvalue weighted by Gasteiger charge is 2.30. The number of aromatic nitrogens is 1. The van der Waals surface area contributed by atoms with Crippen LogP contribution in [0.4, 0.5) is 0 Å². The minimum absolute atomic E-state index is 0.0151. The number of fused-ring (bicyclic) bond motifs is 1. The Morgan fingerprint density at radius 1 is 1.21 bits per heavy atom. The minimum atomic E-state index is -3.82. The van der Waals surface area contributed by atoms with Gasteiger partial charge >= 0.3 is 0 Å². The number of sulfonamides is 1. The summed E-state index contributed by atoms with van der Waals surface area (Å²) in [6, 6.07) is 7.82. The Hall–Kier alpha value is -1.83. The second-order valence-corrected chi connectivity index (χ2v) is 7.75. The Kier molecular flexibility index (Phi) is 4.67. The first kappa shape index (κ1) is 17.0. The molecule has 0 fully saturated rings. The van der Waals surface area contributed by atoms with Gasteiger partial charge in [-0.25, -0.2) is 8.42 Å². The van der Waals surface area contributed by atoms with Crippen LogP contribution >= 0.6 is 11.6 Å². The fraction of sp³-hybridized carbons (Fsp3) is 0.312. The predicted octanol–water partition coefficient (Wildman–Crippen LogP) is 2.89. The van der Waals surface area contributed by atoms with Crippen molar-refractivity contribution in [1.29, 1.82) is 0 Å². The second-order valence-electron chi connectivity index (χ2n) is 5.38. The van der Waals surface area contributed by atoms with Crippen molar-refractivity contribution in [2.24, 2.45) is 0 Å². The predicted molar refractivity (Wildman–Crippen MR) is 90.0 cm³/mol. The lowest BCUT2D eigenvalue weighted by molar-refractivity contribution is 0.171. The maximum absolute atomic E-state index is 13.0. The van der Waals surface area contributed by atoms with E-state index in [2.05, 4.69) is 4.98 Å². The molecule has 0 aliphatic carbocycles. The van der Waals surface area contributed by atoms with Crippen molar-refractivity contribution in [3.05, 3.63) is 47.2 Å². The number of ether oxygens (including phenoxy) is 2. The average Bonchev–Trinajstić information content (AvgIpc) is 2.60. The van der Waals surface area contributed by atoms with Gasteiger partial charge < -0.3 is 9.47 Å². The third-order valence-electron chi connectivity index (χ3n) is 3.91. The minimum Gasteiger partial charge on any atom is -0.486 e. The van der Waals surface area contributed by atoms with Gasteiger partial charge in [0.05, 0.1) is 16.8 Å². The molecule has 0 saturated carbocycles. The maximum atomic E-state index is 13.0. The van der Waals surface area contributed by atoms with Gasteiger partial charge in [0.2, 0.25) is 10.0 Å². The number of rotatable bonds is 4. The number of pyridine rings is 1. The normalized spacial score (nSPS) is 15.3. The van der Waals surface area contributed by atoms with Crippen molar-refractivity contribution in [2.75, 3.05) is 20.3 Å². The number of hydrogen-bond acceptors (Lipinski definition) is 5. The zero-order valence-electron chi connectivity index (χ0n) is 13.3. The van der Waals surface area contributed by atoms with Gasteiger partial charge in [0.25, 0.3) is 0 Å². The van der Waals surface area contributed by atoms with Crippen LogP contribution in [-0.4, -0.2) is 38.0 Å². The highest BCUT2D eigenvalue weighted by Crippen LogP contribution is 2.39. The summed E-state index contributed by atoms with van der Waals surface area (Å²) in [5.74, 6) is 0.828. The molecule has 1 aromatic heterocycles. The summed E-state index contributed by atoms with van der Waals surface area (Å²) in [5, 5.41) is 0.0966. The molecule has 1 atom stereocenters. The van der Waals surface area contributed by atoms with Crippen LogP contribution < -0.4 is 9.47 Å². The molecule has 8 heteroatoms. The summed E-state index contributed by atoms with van der Waals surface area (Å²) < 4.78 is 38.1. The van der Waals surface area contributed by atoms with Crippen molar-refractivity contribution < 1.29 is 17.9 Å². The van der Waals surface area contributed by atoms with Crippen LogP contribution in [0.3, 0.4) is 0 Å². The van der Waals surface area contributed by atoms with Gasteiger partial charge in [-0.1, -0.05) is 17.7 Å². The molecule has 0 amide bonds. The first-order valence-corrected chi connectivity index (χ1v) is 9.21. The Balaban J connectivity index is 1.98. The van der Waals surface area contributed by atoms with E-state index in [4.69, 9.17) is 21.1 Å². The summed E-state index contributed by atoms with van der Waals surface area (Å²) in [6.45, 7) is 2.55. The smallest absolute Gasteiger partial charge is 0.245 e. The van der Waals surface area contributed by atoms with Gasteiger partial charge in [-0.05, 0) is 19.1 Å². The molecular formula is C16H17ClN2O4S. The molecule has 0 bridgehead atoms. The third-order valence-corrected chi connectivity index (χ3v) is 6.31. The lowest BCUT2D eigenvalue weighted by Crippen LogP contribution is -2.30. The van der Waals surface area contributed by atoms with Crippen LogP contribution in [-0.2, 0) is 10.0 Å². The molecule has 0 spiro atoms. The molecule has 2 aromatic rings. The number of halogens is 1. The SMILES string of the molecule is CC(c1ccccn1)N(C)S(=O)(=O)c1cc2c(cc1Cl)OCCO2. The van der Waals surface area contributed by atoms with E-state index in [-0.39, 0.29) is 9.92 Å². The van der Waals surface area contributed by atoms with E-state index in [0.29, 0.717) is 30.4 Å². The van der Waals surface area contributed by atoms with E-state index in [1.165, 1.54) is 23.5 Å². The van der Waals surface area contributed by atoms with Gasteiger partial charge in [-0.3, -0.25) is 4.98 Å². The zero-order chi connectivity index (χ0) is 17.3. The quantitative estimate of drug-likeness (QED) is 0.830. The van der Waals surface area contributed by atoms with Crippen molar-refractivity contribution >= 4 is 21.6 Å². The van der Waals surface area contributed by atoms with Gasteiger partial charge in [0, 0.05) is 25.4 Å². The van der Waals surface area contributed by atoms with Crippen LogP contribution in [0.15, 0.2) is 41.4 Å². The van der Waals surface area contributed by atoms with Crippen molar-refractivity contribution in [3.8, 4) is 11.5 Å². The number of hydrogen-bond donors (Lipinski definition) is 0. The fourth-order valence-electron chi connectivity index (χ4n) is 2.42. The molecule has 24 heavy (non-hydrogen) atoms. The number of benzene rings is 1. The van der Waals surface area contributed by atoms with Crippen LogP contribution in [0.5, 0.6) is 11.5 Å². The maximum Gasteiger partial charge on any atom is 0.245 e. The van der Waals surface area contributed by atoms with Crippen molar-refractivity contribution in [3.63, 3.8) is 0 Å². The largest absolute Gasteiger partial charge is 0.486 e. The summed E-state index contributed by atoms with van der Waals surface area (Å²) in [5.41, 5.74) is 0.650. The molecule has 128 valence electrons. The molecule has 1 aliphatic heterocycles. The molecule has 0 radical (unpaired) electrons. The van der Waals surface area contributed by atoms with E-state index < -0.39 is 16.1 Å². The van der Waals surface area contributed by atoms with Crippen LogP contribution in [0.1, 0.15) is 18.7 Å². The summed E-state index contributed by atoms with van der Waals surface area (Å²) in [6.07, 6.45) is 1.63. The average molecular weight is 369 g/mol. The monoisotopic (exact) mass is 368 g/mol. The lowest BCUT2D eigenvalue weighted by atomic mass is 10.2. The van der Waals surface area contributed by atoms with Gasteiger partial charge in [0.15, 0.2) is 11.5 Å². The zero-order valence-corrected chi connectivity index (χ0v) is 14.8. The molecule has 2 heterocycles. The van der Waals surface area contributed by atoms with Crippen molar-refractivity contribution in [2.45, 2.75) is 17.9 Å². The Bertz CT molecular complexity index is 843. The van der Waals surface area contributed by atoms with E-state index >= 15 is 0 Å². The lowest BCUT2D eigenvalue weighted by Gasteiger charge is -2.25. The van der Waals surface area contributed by atoms with Gasteiger partial charge in [-0.2, -0.15) is 4.31 Å². The van der Waals surface area contributed by atoms with Crippen LogP contribution in [0, 0.1) is 0 Å². The van der Waals surface area contributed by atoms with E-state index in [1.54, 1.807) is 25.3 Å². The standard InChI is InChI=1S/C16H17ClN2O4S/c1-11(13-5-3-4-6-18-13)19(2)24(20,21)16-10-15-14(9-12(16)17)22-7-8-23-15/h3-6,9-11H,7-8H2,1-2H3. The van der Waals surface area contributed by atoms with E-state index in [1.807, 2.05) is 6.07 Å². The molecule has 0 saturated heterocycles. The Morgan fingerprint density at radius 3 is 2.50 bits per heavy atom. The summed E-state index contributed by atoms with van der Waals surface area (Å²) >= 11 is 6.18. The molecule has 3 rings (SSSR count). The molecule has 1 unspecified atom stereocenters. The molecule has 1 aromatic carbocycles. The van der Waals surface area contributed by atoms with Crippen LogP contribution in [0.25, 0.3) is 0 Å². The second kappa shape index (κ2) is 6.58. The summed E-state index contributed by atoms with van der Waals surface area (Å²) in [7, 11) is -2.32. The molecule has 0 N–H and O–H groups in total. The van der Waals surface area contributed by atoms with Crippen molar-refractivity contribution in [1.82, 2.24) is 9.29 Å². The first-order chi connectivity index (χ1) is 11.4. The van der Waals surface area contributed by atoms with Gasteiger partial charge in [-0.15, -0.1) is 0 Å². The Labute approximate surface area is 146 Å². The highest BCUT2D eigenvalue weighted by atomic mass is 35.5. The van der Waals surface area contributed by atoms with Gasteiger partial charge in [0.1, 0.15) is 18.1 Å². The number of nitrogens with zero attached hydrogens (tertiary/aromatic N) is 2. The highest BCUT2D eigenvalue weighted by molar-refractivity contribution is 7.89. The fourth-order valence-corrected chi connectivity index (χ4v) is 4.26. The van der Waals surface area contributed by atoms with E-state index in [0.717, 1.165) is 0 Å². The molecule has 1 aliphatic rings.